The van der Waals surface area contributed by atoms with E-state index >= 15 is 0 Å². The van der Waals surface area contributed by atoms with Crippen LogP contribution in [0.15, 0.2) is 42.7 Å². The van der Waals surface area contributed by atoms with Gasteiger partial charge in [-0.15, -0.1) is 0 Å². The van der Waals surface area contributed by atoms with E-state index in [1.54, 1.807) is 23.1 Å². The van der Waals surface area contributed by atoms with Gasteiger partial charge in [-0.1, -0.05) is 6.92 Å². The van der Waals surface area contributed by atoms with E-state index in [-0.39, 0.29) is 42.3 Å². The average molecular weight is 820 g/mol. The fourth-order valence-corrected chi connectivity index (χ4v) is 8.92. The van der Waals surface area contributed by atoms with Crippen LogP contribution in [-0.4, -0.2) is 129 Å². The van der Waals surface area contributed by atoms with E-state index in [4.69, 9.17) is 4.74 Å². The van der Waals surface area contributed by atoms with Crippen molar-refractivity contribution >= 4 is 52.3 Å². The number of carbonyl (C=O) groups excluding carboxylic acids is 6. The first-order valence-corrected chi connectivity index (χ1v) is 20.4. The smallest absolute Gasteiger partial charge is 0.323 e. The number of cyclic esters (lactones) is 1. The number of halogens is 2. The van der Waals surface area contributed by atoms with E-state index in [0.29, 0.717) is 74.5 Å². The third-order valence-electron chi connectivity index (χ3n) is 11.7. The van der Waals surface area contributed by atoms with Gasteiger partial charge in [0, 0.05) is 50.4 Å². The third kappa shape index (κ3) is 9.47. The number of esters is 1. The molecule has 8 unspecified atom stereocenters. The number of fused-ring (bicyclic) bond motifs is 4. The normalized spacial score (nSPS) is 27.6. The second-order valence-electron chi connectivity index (χ2n) is 16.3. The molecular formula is C41H51F2N9O7. The van der Waals surface area contributed by atoms with E-state index in [0.717, 1.165) is 18.6 Å². The second kappa shape index (κ2) is 17.7. The number of benzene rings is 2. The summed E-state index contributed by atoms with van der Waals surface area (Å²) in [5.41, 5.74) is 1.69. The van der Waals surface area contributed by atoms with Crippen LogP contribution in [0.5, 0.6) is 0 Å². The molecule has 7 rings (SSSR count). The first-order chi connectivity index (χ1) is 28.2. The maximum absolute atomic E-state index is 14.7. The number of imidazole rings is 1. The molecule has 18 heteroatoms. The van der Waals surface area contributed by atoms with Gasteiger partial charge in [0.2, 0.25) is 23.6 Å². The lowest BCUT2D eigenvalue weighted by Gasteiger charge is -2.40. The summed E-state index contributed by atoms with van der Waals surface area (Å²) >= 11 is 0. The summed E-state index contributed by atoms with van der Waals surface area (Å²) in [6, 6.07) is 1.04. The Morgan fingerprint density at radius 3 is 2.41 bits per heavy atom. The highest BCUT2D eigenvalue weighted by Gasteiger charge is 2.46. The van der Waals surface area contributed by atoms with Crippen LogP contribution in [0.2, 0.25) is 0 Å². The van der Waals surface area contributed by atoms with Gasteiger partial charge in [-0.25, -0.2) is 18.6 Å². The number of aromatic nitrogens is 2. The van der Waals surface area contributed by atoms with Gasteiger partial charge < -0.3 is 40.8 Å². The van der Waals surface area contributed by atoms with Crippen molar-refractivity contribution in [1.29, 1.82) is 0 Å². The highest BCUT2D eigenvalue weighted by atomic mass is 19.1. The van der Waals surface area contributed by atoms with Crippen LogP contribution >= 0.6 is 0 Å². The van der Waals surface area contributed by atoms with E-state index in [2.05, 4.69) is 31.2 Å². The zero-order chi connectivity index (χ0) is 42.0. The Morgan fingerprint density at radius 2 is 1.63 bits per heavy atom. The topological polar surface area (TPSA) is 198 Å². The molecule has 16 nitrogen and oxygen atoms in total. The predicted molar refractivity (Wildman–Crippen MR) is 210 cm³/mol. The number of piperidine rings is 1. The van der Waals surface area contributed by atoms with Crippen molar-refractivity contribution < 1.29 is 42.3 Å². The summed E-state index contributed by atoms with van der Waals surface area (Å²) < 4.78 is 34.8. The SMILES string of the molecule is CC1CC2C(=O)OC(C)C(NC(=O)C(Cc3cc(F)cc(F)c3)NC(=O)Nc3ccc4nc[nH]c4c3)C(=O)N3CCCC3C(=O)N3CCCCC3C(=O)NC(C)CN2C1. The zero-order valence-corrected chi connectivity index (χ0v) is 33.3. The Labute approximate surface area is 340 Å². The number of amides is 6. The summed E-state index contributed by atoms with van der Waals surface area (Å²) in [4.78, 5) is 96.5. The molecule has 59 heavy (non-hydrogen) atoms. The lowest BCUT2D eigenvalue weighted by atomic mass is 9.99. The molecule has 0 saturated carbocycles. The summed E-state index contributed by atoms with van der Waals surface area (Å²) in [6.45, 7) is 6.74. The molecule has 4 fully saturated rings. The first-order valence-electron chi connectivity index (χ1n) is 20.4. The lowest BCUT2D eigenvalue weighted by Crippen LogP contribution is -2.62. The van der Waals surface area contributed by atoms with E-state index in [1.807, 2.05) is 18.7 Å². The summed E-state index contributed by atoms with van der Waals surface area (Å²) in [5.74, 6) is -4.57. The molecule has 4 aliphatic rings. The minimum atomic E-state index is -1.54. The Kier molecular flexibility index (Phi) is 12.4. The fraction of sp³-hybridized carbons (Fsp3) is 0.537. The van der Waals surface area contributed by atoms with Gasteiger partial charge in [-0.05, 0) is 94.2 Å². The van der Waals surface area contributed by atoms with Crippen molar-refractivity contribution in [2.75, 3.05) is 31.5 Å². The van der Waals surface area contributed by atoms with Crippen LogP contribution in [0.1, 0.15) is 64.9 Å². The molecule has 4 aliphatic heterocycles. The minimum absolute atomic E-state index is 0.0422. The Hall–Kier alpha value is -5.65. The van der Waals surface area contributed by atoms with Crippen LogP contribution in [0.3, 0.4) is 0 Å². The molecule has 4 saturated heterocycles. The number of aromatic amines is 1. The highest BCUT2D eigenvalue weighted by Crippen LogP contribution is 2.28. The van der Waals surface area contributed by atoms with Crippen molar-refractivity contribution in [3.8, 4) is 0 Å². The molecule has 8 atom stereocenters. The van der Waals surface area contributed by atoms with E-state index in [1.165, 1.54) is 18.2 Å². The summed E-state index contributed by atoms with van der Waals surface area (Å²) in [5, 5.41) is 11.0. The van der Waals surface area contributed by atoms with Crippen molar-refractivity contribution in [3.63, 3.8) is 0 Å². The average Bonchev–Trinajstić information content (AvgIpc) is 3.95. The largest absolute Gasteiger partial charge is 0.459 e. The molecular weight excluding hydrogens is 769 g/mol. The molecule has 3 aromatic rings. The van der Waals surface area contributed by atoms with Crippen LogP contribution in [0.4, 0.5) is 19.3 Å². The van der Waals surface area contributed by atoms with E-state index < -0.39 is 71.8 Å². The number of hydrogen-bond donors (Lipinski definition) is 5. The highest BCUT2D eigenvalue weighted by molar-refractivity contribution is 5.98. The predicted octanol–water partition coefficient (Wildman–Crippen LogP) is 2.59. The molecule has 2 aromatic carbocycles. The molecule has 316 valence electrons. The van der Waals surface area contributed by atoms with Gasteiger partial charge >= 0.3 is 12.0 Å². The molecule has 0 bridgehead atoms. The quantitative estimate of drug-likeness (QED) is 0.232. The number of urea groups is 1. The van der Waals surface area contributed by atoms with Gasteiger partial charge in [-0.2, -0.15) is 0 Å². The summed E-state index contributed by atoms with van der Waals surface area (Å²) in [7, 11) is 0. The van der Waals surface area contributed by atoms with Gasteiger partial charge in [0.15, 0.2) is 0 Å². The molecule has 6 amide bonds. The standard InChI is InChI=1S/C41H51F2N9O7/c1-22-13-34-40(57)59-24(3)35(39(56)52-12-6-8-33(52)38(55)51-11-5-4-7-32(51)37(54)46-23(2)20-50(34)19-22)49-36(53)31(16-25-14-26(42)17-27(43)15-25)48-41(58)47-28-9-10-29-30(18-28)45-21-44-29/h9-10,14-15,17-18,21-24,31-35H,4-8,11-13,16,19-20H2,1-3H3,(H,44,45)(H,46,54)(H,49,53)(H2,47,48,58). The minimum Gasteiger partial charge on any atom is -0.459 e. The number of rotatable bonds is 6. The number of nitrogens with one attached hydrogen (secondary N) is 5. The van der Waals surface area contributed by atoms with Gasteiger partial charge in [0.05, 0.1) is 17.4 Å². The van der Waals surface area contributed by atoms with Crippen molar-refractivity contribution in [1.82, 2.24) is 40.6 Å². The number of H-pyrrole nitrogens is 1. The molecule has 5 N–H and O–H groups in total. The van der Waals surface area contributed by atoms with Crippen LogP contribution in [0.25, 0.3) is 11.0 Å². The summed E-state index contributed by atoms with van der Waals surface area (Å²) in [6.07, 6.45) is 3.00. The molecule has 5 heterocycles. The number of ether oxygens (including phenoxy) is 1. The number of hydrogen-bond acceptors (Lipinski definition) is 9. The van der Waals surface area contributed by atoms with Crippen LogP contribution < -0.4 is 21.3 Å². The van der Waals surface area contributed by atoms with E-state index in [9.17, 15) is 37.5 Å². The van der Waals surface area contributed by atoms with Gasteiger partial charge in [-0.3, -0.25) is 28.9 Å². The zero-order valence-electron chi connectivity index (χ0n) is 33.3. The monoisotopic (exact) mass is 819 g/mol. The number of nitrogens with zero attached hydrogens (tertiary/aromatic N) is 4. The fourth-order valence-electron chi connectivity index (χ4n) is 8.92. The molecule has 0 aliphatic carbocycles. The van der Waals surface area contributed by atoms with Crippen LogP contribution in [0, 0.1) is 17.6 Å². The van der Waals surface area contributed by atoms with Crippen LogP contribution in [-0.2, 0) is 35.1 Å². The third-order valence-corrected chi connectivity index (χ3v) is 11.7. The second-order valence-corrected chi connectivity index (χ2v) is 16.3. The number of carbonyl (C=O) groups is 6. The number of anilines is 1. The Morgan fingerprint density at radius 1 is 0.898 bits per heavy atom. The van der Waals surface area contributed by atoms with Crippen molar-refractivity contribution in [3.05, 3.63) is 59.9 Å². The maximum Gasteiger partial charge on any atom is 0.323 e. The first kappa shape index (κ1) is 41.5. The Balaban J connectivity index is 1.19. The van der Waals surface area contributed by atoms with Gasteiger partial charge in [0.25, 0.3) is 0 Å². The molecule has 0 spiro atoms. The van der Waals surface area contributed by atoms with Crippen molar-refractivity contribution in [2.24, 2.45) is 5.92 Å². The lowest BCUT2D eigenvalue weighted by molar-refractivity contribution is -0.160. The van der Waals surface area contributed by atoms with Crippen molar-refractivity contribution in [2.45, 2.75) is 108 Å². The maximum atomic E-state index is 14.7. The molecule has 1 aromatic heterocycles. The Bertz CT molecular complexity index is 2080. The molecule has 0 radical (unpaired) electrons. The van der Waals surface area contributed by atoms with Gasteiger partial charge in [0.1, 0.15) is 47.9 Å².